The lowest BCUT2D eigenvalue weighted by atomic mass is 9.89. The molecule has 2 unspecified atom stereocenters. The van der Waals surface area contributed by atoms with Crippen LogP contribution in [-0.2, 0) is 9.53 Å². The quantitative estimate of drug-likeness (QED) is 0.833. The first kappa shape index (κ1) is 18.7. The molecule has 0 aliphatic carbocycles. The number of nitrogens with zero attached hydrogens (tertiary/aromatic N) is 1. The van der Waals surface area contributed by atoms with E-state index in [0.29, 0.717) is 13.0 Å². The smallest absolute Gasteiger partial charge is 0.410 e. The van der Waals surface area contributed by atoms with E-state index < -0.39 is 23.6 Å². The van der Waals surface area contributed by atoms with Gasteiger partial charge in [-0.1, -0.05) is 6.92 Å². The molecule has 0 aromatic rings. The van der Waals surface area contributed by atoms with Crippen LogP contribution in [0.4, 0.5) is 4.79 Å². The Hall–Kier alpha value is -1.30. The van der Waals surface area contributed by atoms with Gasteiger partial charge in [-0.05, 0) is 47.5 Å². The van der Waals surface area contributed by atoms with Gasteiger partial charge in [-0.3, -0.25) is 4.79 Å². The summed E-state index contributed by atoms with van der Waals surface area (Å²) in [5.41, 5.74) is -0.693. The van der Waals surface area contributed by atoms with Gasteiger partial charge in [0.25, 0.3) is 0 Å². The van der Waals surface area contributed by atoms with Crippen molar-refractivity contribution in [1.82, 2.24) is 10.2 Å². The summed E-state index contributed by atoms with van der Waals surface area (Å²) in [6.07, 6.45) is 1.08. The number of likely N-dealkylation sites (tertiary alicyclic amines) is 1. The molecule has 6 nitrogen and oxygen atoms in total. The number of ether oxygens (including phenoxy) is 1. The van der Waals surface area contributed by atoms with Gasteiger partial charge in [-0.25, -0.2) is 4.79 Å². The molecule has 1 fully saturated rings. The largest absolute Gasteiger partial charge is 0.481 e. The van der Waals surface area contributed by atoms with Crippen LogP contribution >= 0.6 is 0 Å². The number of amides is 1. The van der Waals surface area contributed by atoms with Crippen molar-refractivity contribution in [2.45, 2.75) is 71.6 Å². The van der Waals surface area contributed by atoms with E-state index in [9.17, 15) is 14.7 Å². The van der Waals surface area contributed by atoms with Crippen LogP contribution in [0.25, 0.3) is 0 Å². The molecule has 1 saturated heterocycles. The summed E-state index contributed by atoms with van der Waals surface area (Å²) in [4.78, 5) is 25.2. The zero-order valence-corrected chi connectivity index (χ0v) is 14.6. The Balaban J connectivity index is 2.75. The van der Waals surface area contributed by atoms with Gasteiger partial charge in [0.15, 0.2) is 0 Å². The topological polar surface area (TPSA) is 78.9 Å². The molecular weight excluding hydrogens is 284 g/mol. The average Bonchev–Trinajstić information content (AvgIpc) is 2.36. The molecule has 0 aromatic carbocycles. The summed E-state index contributed by atoms with van der Waals surface area (Å²) < 4.78 is 5.34. The van der Waals surface area contributed by atoms with E-state index in [1.54, 1.807) is 20.8 Å². The van der Waals surface area contributed by atoms with E-state index in [-0.39, 0.29) is 18.1 Å². The van der Waals surface area contributed by atoms with Crippen LogP contribution in [0.15, 0.2) is 0 Å². The maximum Gasteiger partial charge on any atom is 0.410 e. The Morgan fingerprint density at radius 3 is 2.32 bits per heavy atom. The molecule has 6 heteroatoms. The molecule has 1 aliphatic heterocycles. The molecule has 22 heavy (non-hydrogen) atoms. The zero-order valence-electron chi connectivity index (χ0n) is 14.6. The van der Waals surface area contributed by atoms with Gasteiger partial charge in [0.05, 0.1) is 5.92 Å². The Morgan fingerprint density at radius 1 is 1.27 bits per heavy atom. The summed E-state index contributed by atoms with van der Waals surface area (Å²) in [5, 5.41) is 12.9. The number of hydrogen-bond acceptors (Lipinski definition) is 4. The third-order valence-corrected chi connectivity index (χ3v) is 4.04. The highest BCUT2D eigenvalue weighted by atomic mass is 16.6. The van der Waals surface area contributed by atoms with Crippen molar-refractivity contribution in [2.75, 3.05) is 13.1 Å². The second-order valence-corrected chi connectivity index (χ2v) is 7.65. The minimum atomic E-state index is -0.877. The van der Waals surface area contributed by atoms with Crippen LogP contribution in [0.5, 0.6) is 0 Å². The van der Waals surface area contributed by atoms with E-state index in [2.05, 4.69) is 26.1 Å². The van der Waals surface area contributed by atoms with E-state index in [1.165, 1.54) is 4.90 Å². The predicted octanol–water partition coefficient (Wildman–Crippen LogP) is 2.47. The van der Waals surface area contributed by atoms with Crippen molar-refractivity contribution in [3.8, 4) is 0 Å². The van der Waals surface area contributed by atoms with Crippen molar-refractivity contribution in [1.29, 1.82) is 0 Å². The van der Waals surface area contributed by atoms with E-state index in [1.807, 2.05) is 0 Å². The molecular formula is C16H30N2O4. The summed E-state index contributed by atoms with van der Waals surface area (Å²) >= 11 is 0. The van der Waals surface area contributed by atoms with Crippen molar-refractivity contribution >= 4 is 12.1 Å². The number of nitrogens with one attached hydrogen (secondary N) is 1. The maximum absolute atomic E-state index is 12.1. The minimum absolute atomic E-state index is 0.119. The monoisotopic (exact) mass is 314 g/mol. The predicted molar refractivity (Wildman–Crippen MR) is 84.8 cm³/mol. The average molecular weight is 314 g/mol. The minimum Gasteiger partial charge on any atom is -0.481 e. The normalized spacial score (nSPS) is 23.3. The Kier molecular flexibility index (Phi) is 5.84. The molecule has 1 amide bonds. The maximum atomic E-state index is 12.1. The molecule has 0 radical (unpaired) electrons. The van der Waals surface area contributed by atoms with Gasteiger partial charge in [0.2, 0.25) is 0 Å². The van der Waals surface area contributed by atoms with Gasteiger partial charge in [-0.15, -0.1) is 0 Å². The van der Waals surface area contributed by atoms with Crippen molar-refractivity contribution in [3.05, 3.63) is 0 Å². The first-order valence-corrected chi connectivity index (χ1v) is 7.93. The molecule has 2 atom stereocenters. The number of carbonyl (C=O) groups is 2. The van der Waals surface area contributed by atoms with E-state index >= 15 is 0 Å². The lowest BCUT2D eigenvalue weighted by Gasteiger charge is -2.41. The molecule has 2 N–H and O–H groups in total. The summed E-state index contributed by atoms with van der Waals surface area (Å²) in [5.74, 6) is -1.50. The van der Waals surface area contributed by atoms with Gasteiger partial charge < -0.3 is 20.1 Å². The molecule has 128 valence electrons. The molecule has 1 rings (SSSR count). The number of carbonyl (C=O) groups excluding carboxylic acids is 1. The first-order chi connectivity index (χ1) is 9.95. The highest BCUT2D eigenvalue weighted by Gasteiger charge is 2.39. The number of rotatable bonds is 4. The zero-order chi connectivity index (χ0) is 17.1. The molecule has 0 spiro atoms. The van der Waals surface area contributed by atoms with E-state index in [4.69, 9.17) is 4.74 Å². The van der Waals surface area contributed by atoms with Crippen molar-refractivity contribution < 1.29 is 19.4 Å². The highest BCUT2D eigenvalue weighted by molar-refractivity contribution is 5.74. The number of carboxylic acid groups (broad SMARTS) is 1. The van der Waals surface area contributed by atoms with Crippen molar-refractivity contribution in [2.24, 2.45) is 5.92 Å². The second-order valence-electron chi connectivity index (χ2n) is 7.65. The third kappa shape index (κ3) is 5.48. The Labute approximate surface area is 133 Å². The summed E-state index contributed by atoms with van der Waals surface area (Å²) in [6.45, 7) is 12.3. The number of aliphatic carboxylic acids is 1. The third-order valence-electron chi connectivity index (χ3n) is 4.04. The molecule has 0 bridgehead atoms. The van der Waals surface area contributed by atoms with Gasteiger partial charge in [0, 0.05) is 24.7 Å². The lowest BCUT2D eigenvalue weighted by Crippen LogP contribution is -2.58. The van der Waals surface area contributed by atoms with Gasteiger partial charge >= 0.3 is 12.1 Å². The fourth-order valence-corrected chi connectivity index (χ4v) is 2.47. The summed E-state index contributed by atoms with van der Waals surface area (Å²) in [7, 11) is 0. The SMILES string of the molecule is CCC(C)(C)NC1CCN(C(=O)OC(C)(C)C)CC1C(=O)O. The van der Waals surface area contributed by atoms with Crippen LogP contribution in [0.1, 0.15) is 54.4 Å². The van der Waals surface area contributed by atoms with Crippen LogP contribution < -0.4 is 5.32 Å². The van der Waals surface area contributed by atoms with E-state index in [0.717, 1.165) is 6.42 Å². The van der Waals surface area contributed by atoms with Gasteiger partial charge in [0.1, 0.15) is 5.60 Å². The number of hydrogen-bond donors (Lipinski definition) is 2. The molecule has 0 saturated carbocycles. The first-order valence-electron chi connectivity index (χ1n) is 7.93. The highest BCUT2D eigenvalue weighted by Crippen LogP contribution is 2.23. The van der Waals surface area contributed by atoms with Crippen molar-refractivity contribution in [3.63, 3.8) is 0 Å². The number of piperidine rings is 1. The summed E-state index contributed by atoms with van der Waals surface area (Å²) in [6, 6.07) is -0.133. The van der Waals surface area contributed by atoms with Crippen LogP contribution in [-0.4, -0.2) is 52.3 Å². The Morgan fingerprint density at radius 2 is 1.86 bits per heavy atom. The molecule has 1 heterocycles. The van der Waals surface area contributed by atoms with Crippen LogP contribution in [0.2, 0.25) is 0 Å². The van der Waals surface area contributed by atoms with Crippen LogP contribution in [0.3, 0.4) is 0 Å². The van der Waals surface area contributed by atoms with Gasteiger partial charge in [-0.2, -0.15) is 0 Å². The molecule has 0 aromatic heterocycles. The van der Waals surface area contributed by atoms with Crippen LogP contribution in [0, 0.1) is 5.92 Å². The lowest BCUT2D eigenvalue weighted by molar-refractivity contribution is -0.144. The standard InChI is InChI=1S/C16H30N2O4/c1-7-16(5,6)17-12-8-9-18(10-11(12)13(19)20)14(21)22-15(2,3)4/h11-12,17H,7-10H2,1-6H3,(H,19,20). The Bertz CT molecular complexity index is 415. The second kappa shape index (κ2) is 6.86. The molecule has 1 aliphatic rings. The fraction of sp³-hybridized carbons (Fsp3) is 0.875. The fourth-order valence-electron chi connectivity index (χ4n) is 2.47. The number of carboxylic acids is 1.